The average Bonchev–Trinajstić information content (AvgIpc) is 2.58. The predicted octanol–water partition coefficient (Wildman–Crippen LogP) is 4.92. The summed E-state index contributed by atoms with van der Waals surface area (Å²) in [7, 11) is 3.11. The van der Waals surface area contributed by atoms with Gasteiger partial charge >= 0.3 is 12.1 Å². The minimum Gasteiger partial charge on any atom is -0.500 e. The molecule has 4 nitrogen and oxygen atoms in total. The molecule has 0 radical (unpaired) electrons. The van der Waals surface area contributed by atoms with Crippen LogP contribution >= 0.6 is 0 Å². The van der Waals surface area contributed by atoms with Crippen molar-refractivity contribution in [3.63, 3.8) is 0 Å². The van der Waals surface area contributed by atoms with Crippen molar-refractivity contribution in [3.05, 3.63) is 18.5 Å². The maximum absolute atomic E-state index is 12.4. The van der Waals surface area contributed by atoms with Crippen molar-refractivity contribution in [1.82, 2.24) is 0 Å². The van der Waals surface area contributed by atoms with Crippen LogP contribution in [0, 0.1) is 7.05 Å². The number of aliphatic hydroxyl groups excluding tert-OH is 1. The van der Waals surface area contributed by atoms with Crippen LogP contribution in [-0.4, -0.2) is 23.9 Å². The van der Waals surface area contributed by atoms with E-state index >= 15 is 0 Å². The third-order valence-corrected chi connectivity index (χ3v) is 4.18. The number of rotatable bonds is 15. The van der Waals surface area contributed by atoms with Gasteiger partial charge in [-0.15, -0.1) is 7.05 Å². The normalized spacial score (nSPS) is 12.8. The number of alkyl halides is 3. The first-order valence-corrected chi connectivity index (χ1v) is 9.64. The Morgan fingerprint density at radius 2 is 1.35 bits per heavy atom. The Balaban J connectivity index is 3.67. The molecule has 0 saturated heterocycles. The lowest BCUT2D eigenvalue weighted by molar-refractivity contribution is -0.541. The first kappa shape index (κ1) is 24.8. The minimum absolute atomic E-state index is 0.0404. The van der Waals surface area contributed by atoms with E-state index in [9.17, 15) is 18.0 Å². The molecule has 3 N–H and O–H groups in total. The molecule has 154 valence electrons. The molecule has 0 unspecified atom stereocenters. The van der Waals surface area contributed by atoms with Gasteiger partial charge in [-0.3, -0.25) is 0 Å². The molecule has 0 aromatic heterocycles. The first-order chi connectivity index (χ1) is 12.3. The number of carbonyl (C=O) groups excluding carboxylic acids is 1. The number of hydrogen-bond acceptors (Lipinski definition) is 3. The molecule has 0 atom stereocenters. The molecule has 26 heavy (non-hydrogen) atoms. The molecule has 0 spiro atoms. The third-order valence-electron chi connectivity index (χ3n) is 4.18. The smallest absolute Gasteiger partial charge is 0.455 e. The molecule has 7 heteroatoms. The number of unbranched alkanes of at least 4 members (excludes halogenated alkanes) is 11. The van der Waals surface area contributed by atoms with Crippen LogP contribution in [0.15, 0.2) is 11.5 Å². The number of ether oxygens (including phenoxy) is 1. The fraction of sp³-hybridized carbons (Fsp3) is 0.789. The van der Waals surface area contributed by atoms with Crippen molar-refractivity contribution in [3.8, 4) is 0 Å². The van der Waals surface area contributed by atoms with E-state index in [1.54, 1.807) is 0 Å². The summed E-state index contributed by atoms with van der Waals surface area (Å²) in [4.78, 5) is 11.6. The van der Waals surface area contributed by atoms with Crippen molar-refractivity contribution < 1.29 is 33.1 Å². The predicted molar refractivity (Wildman–Crippen MR) is 95.0 cm³/mol. The molecule has 0 bridgehead atoms. The molecule has 0 aromatic carbocycles. The Morgan fingerprint density at radius 1 is 0.923 bits per heavy atom. The van der Waals surface area contributed by atoms with Crippen LogP contribution < -0.4 is 5.32 Å². The van der Waals surface area contributed by atoms with E-state index in [0.717, 1.165) is 19.3 Å². The minimum atomic E-state index is -4.99. The summed E-state index contributed by atoms with van der Waals surface area (Å²) >= 11 is 0. The van der Waals surface area contributed by atoms with Gasteiger partial charge in [-0.05, 0) is 6.42 Å². The van der Waals surface area contributed by atoms with Gasteiger partial charge in [0, 0.05) is 0 Å². The van der Waals surface area contributed by atoms with E-state index in [2.05, 4.69) is 14.0 Å². The molecule has 0 aliphatic rings. The second-order valence-corrected chi connectivity index (χ2v) is 6.49. The summed E-state index contributed by atoms with van der Waals surface area (Å²) in [6.45, 7) is 2.25. The number of aliphatic hydroxyl groups is 1. The van der Waals surface area contributed by atoms with Crippen molar-refractivity contribution in [2.45, 2.75) is 90.1 Å². The molecule has 0 amide bonds. The largest absolute Gasteiger partial charge is 0.500 e. The Kier molecular flexibility index (Phi) is 14.2. The molecule has 0 fully saturated rings. The number of esters is 1. The lowest BCUT2D eigenvalue weighted by atomic mass is 10.1. The summed E-state index contributed by atoms with van der Waals surface area (Å²) in [5.74, 6) is -3.16. The van der Waals surface area contributed by atoms with Crippen LogP contribution in [0.3, 0.4) is 0 Å². The summed E-state index contributed by atoms with van der Waals surface area (Å²) in [5, 5.41) is 9.66. The van der Waals surface area contributed by atoms with E-state index in [0.29, 0.717) is 11.7 Å². The maximum atomic E-state index is 12.4. The quantitative estimate of drug-likeness (QED) is 0.139. The first-order valence-electron chi connectivity index (χ1n) is 9.64. The van der Waals surface area contributed by atoms with Gasteiger partial charge in [-0.25, -0.2) is 4.79 Å². The summed E-state index contributed by atoms with van der Waals surface area (Å²) in [5.41, 5.74) is -0.948. The standard InChI is InChI=1S/C19H34F3NO3/c1-3-4-5-6-7-8-9-10-11-12-13-14-15-26-18(25)16(23-2)17(24)19(20,21)22/h24H,2-15,23H2,1H3/b17-16+. The molecule has 0 aromatic rings. The van der Waals surface area contributed by atoms with E-state index < -0.39 is 23.6 Å². The third kappa shape index (κ3) is 12.2. The molecule has 0 aliphatic heterocycles. The van der Waals surface area contributed by atoms with Gasteiger partial charge in [-0.2, -0.15) is 13.2 Å². The van der Waals surface area contributed by atoms with Crippen LogP contribution in [-0.2, 0) is 9.53 Å². The number of nitrogens with two attached hydrogens (primary N) is 1. The van der Waals surface area contributed by atoms with Crippen molar-refractivity contribution in [2.24, 2.45) is 0 Å². The average molecular weight is 381 g/mol. The lowest BCUT2D eigenvalue weighted by Gasteiger charge is -2.11. The highest BCUT2D eigenvalue weighted by molar-refractivity contribution is 5.86. The zero-order chi connectivity index (χ0) is 19.8. The Hall–Kier alpha value is -1.24. The van der Waals surface area contributed by atoms with Gasteiger partial charge in [0.15, 0.2) is 0 Å². The lowest BCUT2D eigenvalue weighted by Crippen LogP contribution is -2.77. The second-order valence-electron chi connectivity index (χ2n) is 6.49. The highest BCUT2D eigenvalue weighted by atomic mass is 19.4. The molecule has 0 heterocycles. The number of hydrogen-bond donors (Lipinski definition) is 2. The maximum Gasteiger partial charge on any atom is 0.455 e. The van der Waals surface area contributed by atoms with Crippen LogP contribution in [0.5, 0.6) is 0 Å². The topological polar surface area (TPSA) is 63.1 Å². The molecule has 0 aliphatic carbocycles. The van der Waals surface area contributed by atoms with Crippen LogP contribution in [0.1, 0.15) is 84.0 Å². The van der Waals surface area contributed by atoms with E-state index in [4.69, 9.17) is 9.84 Å². The molecule has 0 saturated carbocycles. The number of halogens is 3. The SMILES string of the molecule is [CH2-][NH2+]/C(C(=O)OCCCCCCCCCCCCCC)=C(/O)C(F)(F)F. The van der Waals surface area contributed by atoms with E-state index in [1.807, 2.05) is 0 Å². The fourth-order valence-electron chi connectivity index (χ4n) is 2.62. The molecule has 0 rings (SSSR count). The Labute approximate surface area is 155 Å². The number of carbonyl (C=O) groups is 1. The van der Waals surface area contributed by atoms with Gasteiger partial charge in [0.25, 0.3) is 5.76 Å². The monoisotopic (exact) mass is 381 g/mol. The summed E-state index contributed by atoms with van der Waals surface area (Å²) in [6, 6.07) is 0. The zero-order valence-electron chi connectivity index (χ0n) is 15.9. The zero-order valence-corrected chi connectivity index (χ0v) is 15.9. The highest BCUT2D eigenvalue weighted by Crippen LogP contribution is 2.24. The fourth-order valence-corrected chi connectivity index (χ4v) is 2.62. The van der Waals surface area contributed by atoms with Gasteiger partial charge in [0.1, 0.15) is 0 Å². The molecular weight excluding hydrogens is 347 g/mol. The summed E-state index contributed by atoms with van der Waals surface area (Å²) in [6.07, 6.45) is 8.88. The summed E-state index contributed by atoms with van der Waals surface area (Å²) < 4.78 is 41.9. The Bertz CT molecular complexity index is 409. The van der Waals surface area contributed by atoms with Gasteiger partial charge in [0.05, 0.1) is 6.61 Å². The van der Waals surface area contributed by atoms with Crippen LogP contribution in [0.2, 0.25) is 0 Å². The number of quaternary nitrogens is 1. The van der Waals surface area contributed by atoms with Crippen molar-refractivity contribution >= 4 is 5.97 Å². The highest BCUT2D eigenvalue weighted by Gasteiger charge is 2.40. The van der Waals surface area contributed by atoms with Crippen LogP contribution in [0.4, 0.5) is 13.2 Å². The number of allylic oxidation sites excluding steroid dienone is 1. The van der Waals surface area contributed by atoms with E-state index in [-0.39, 0.29) is 6.61 Å². The van der Waals surface area contributed by atoms with Crippen molar-refractivity contribution in [2.75, 3.05) is 6.61 Å². The van der Waals surface area contributed by atoms with Gasteiger partial charge in [-0.1, -0.05) is 77.6 Å². The Morgan fingerprint density at radius 3 is 1.73 bits per heavy atom. The van der Waals surface area contributed by atoms with Gasteiger partial charge < -0.3 is 15.2 Å². The van der Waals surface area contributed by atoms with Crippen LogP contribution in [0.25, 0.3) is 0 Å². The molecular formula is C19H34F3NO3. The van der Waals surface area contributed by atoms with Gasteiger partial charge in [0.2, 0.25) is 5.70 Å². The van der Waals surface area contributed by atoms with Crippen molar-refractivity contribution in [1.29, 1.82) is 0 Å². The van der Waals surface area contributed by atoms with E-state index in [1.165, 1.54) is 51.4 Å². The second kappa shape index (κ2) is 14.9.